The third-order valence-corrected chi connectivity index (χ3v) is 1.38. The number of anilines is 1. The molecule has 0 unspecified atom stereocenters. The maximum atomic E-state index is 5.76. The van der Waals surface area contributed by atoms with Crippen LogP contribution in [0.5, 0.6) is 0 Å². The molecule has 0 aliphatic heterocycles. The van der Waals surface area contributed by atoms with Crippen molar-refractivity contribution in [2.75, 3.05) is 19.0 Å². The largest absolute Gasteiger partial charge is 0.361 e. The number of nitrogens with zero attached hydrogens (tertiary/aromatic N) is 2. The van der Waals surface area contributed by atoms with Crippen molar-refractivity contribution in [1.82, 2.24) is 4.98 Å². The van der Waals surface area contributed by atoms with Gasteiger partial charge in [0.05, 0.1) is 5.02 Å². The van der Waals surface area contributed by atoms with Crippen LogP contribution in [0.2, 0.25) is 5.02 Å². The quantitative estimate of drug-likeness (QED) is 0.613. The van der Waals surface area contributed by atoms with Crippen molar-refractivity contribution in [3.8, 4) is 0 Å². The highest BCUT2D eigenvalue weighted by atomic mass is 35.5. The molecule has 0 aromatic carbocycles. The molecule has 0 bridgehead atoms. The van der Waals surface area contributed by atoms with Gasteiger partial charge in [-0.1, -0.05) is 11.6 Å². The van der Waals surface area contributed by atoms with E-state index in [9.17, 15) is 0 Å². The zero-order chi connectivity index (χ0) is 7.56. The van der Waals surface area contributed by atoms with Crippen LogP contribution in [0.25, 0.3) is 0 Å². The molecule has 10 heavy (non-hydrogen) atoms. The van der Waals surface area contributed by atoms with Gasteiger partial charge in [0.2, 0.25) is 0 Å². The summed E-state index contributed by atoms with van der Waals surface area (Å²) in [7, 11) is 3.78. The van der Waals surface area contributed by atoms with E-state index in [-0.39, 0.29) is 0 Å². The second-order valence-electron chi connectivity index (χ2n) is 2.12. The molecule has 0 atom stereocenters. The van der Waals surface area contributed by atoms with E-state index < -0.39 is 0 Å². The maximum Gasteiger partial charge on any atom is 0.147 e. The van der Waals surface area contributed by atoms with Crippen molar-refractivity contribution in [2.45, 2.75) is 0 Å². The summed E-state index contributed by atoms with van der Waals surface area (Å²) in [5, 5.41) is 0.563. The minimum absolute atomic E-state index is 0.563. The lowest BCUT2D eigenvalue weighted by Gasteiger charge is -2.11. The molecule has 0 aliphatic rings. The smallest absolute Gasteiger partial charge is 0.147 e. The topological polar surface area (TPSA) is 16.1 Å². The van der Waals surface area contributed by atoms with E-state index in [4.69, 9.17) is 11.6 Å². The highest BCUT2D eigenvalue weighted by molar-refractivity contribution is 6.32. The predicted molar refractivity (Wildman–Crippen MR) is 42.4 cm³/mol. The van der Waals surface area contributed by atoms with Crippen molar-refractivity contribution in [3.05, 3.63) is 23.4 Å². The Hall–Kier alpha value is -0.760. The van der Waals surface area contributed by atoms with Gasteiger partial charge < -0.3 is 4.90 Å². The lowest BCUT2D eigenvalue weighted by Crippen LogP contribution is -2.10. The maximum absolute atomic E-state index is 5.76. The van der Waals surface area contributed by atoms with E-state index in [1.807, 2.05) is 19.0 Å². The molecule has 1 aromatic heterocycles. The number of hydrogen-bond acceptors (Lipinski definition) is 2. The monoisotopic (exact) mass is 155 g/mol. The Bertz CT molecular complexity index is 223. The summed E-state index contributed by atoms with van der Waals surface area (Å²) >= 11 is 5.76. The zero-order valence-corrected chi connectivity index (χ0v) is 6.68. The van der Waals surface area contributed by atoms with Gasteiger partial charge >= 0.3 is 0 Å². The van der Waals surface area contributed by atoms with Crippen molar-refractivity contribution in [1.29, 1.82) is 0 Å². The van der Waals surface area contributed by atoms with E-state index in [0.29, 0.717) is 5.02 Å². The van der Waals surface area contributed by atoms with Crippen molar-refractivity contribution < 1.29 is 0 Å². The van der Waals surface area contributed by atoms with Crippen LogP contribution >= 0.6 is 11.6 Å². The first-order valence-electron chi connectivity index (χ1n) is 2.91. The Labute approximate surface area is 65.4 Å². The Balaban J connectivity index is 3.03. The minimum Gasteiger partial charge on any atom is -0.361 e. The highest BCUT2D eigenvalue weighted by Crippen LogP contribution is 2.18. The normalized spacial score (nSPS) is 9.50. The fourth-order valence-electron chi connectivity index (χ4n) is 0.651. The average Bonchev–Trinajstić information content (AvgIpc) is 1.88. The van der Waals surface area contributed by atoms with Gasteiger partial charge in [-0.2, -0.15) is 0 Å². The molecular weight excluding hydrogens is 148 g/mol. The van der Waals surface area contributed by atoms with E-state index in [1.54, 1.807) is 12.3 Å². The third-order valence-electron chi connectivity index (χ3n) is 1.10. The van der Waals surface area contributed by atoms with E-state index in [0.717, 1.165) is 5.82 Å². The SMILES string of the molecule is CN(C)c1ncc[c]c1Cl. The Morgan fingerprint density at radius 3 is 2.70 bits per heavy atom. The summed E-state index contributed by atoms with van der Waals surface area (Å²) in [6.07, 6.45) is 1.67. The molecule has 0 saturated carbocycles. The van der Waals surface area contributed by atoms with Crippen LogP contribution in [0.15, 0.2) is 12.3 Å². The second-order valence-corrected chi connectivity index (χ2v) is 2.50. The van der Waals surface area contributed by atoms with Crippen LogP contribution in [0, 0.1) is 6.07 Å². The summed E-state index contributed by atoms with van der Waals surface area (Å²) in [6, 6.07) is 4.53. The summed E-state index contributed by atoms with van der Waals surface area (Å²) in [5.74, 6) is 0.754. The molecule has 0 saturated heterocycles. The molecule has 2 nitrogen and oxygen atoms in total. The van der Waals surface area contributed by atoms with Gasteiger partial charge in [0, 0.05) is 26.4 Å². The Morgan fingerprint density at radius 2 is 2.30 bits per heavy atom. The van der Waals surface area contributed by atoms with Gasteiger partial charge in [0.25, 0.3) is 0 Å². The van der Waals surface area contributed by atoms with E-state index in [2.05, 4.69) is 11.1 Å². The number of rotatable bonds is 1. The van der Waals surface area contributed by atoms with Crippen molar-refractivity contribution in [2.24, 2.45) is 0 Å². The fraction of sp³-hybridized carbons (Fsp3) is 0.286. The Kier molecular flexibility index (Phi) is 2.12. The molecule has 53 valence electrons. The van der Waals surface area contributed by atoms with Crippen LogP contribution in [0.1, 0.15) is 0 Å². The molecule has 1 radical (unpaired) electrons. The summed E-state index contributed by atoms with van der Waals surface area (Å²) in [6.45, 7) is 0. The fourth-order valence-corrected chi connectivity index (χ4v) is 0.932. The van der Waals surface area contributed by atoms with Gasteiger partial charge in [-0.3, -0.25) is 0 Å². The highest BCUT2D eigenvalue weighted by Gasteiger charge is 2.00. The first kappa shape index (κ1) is 7.35. The number of aromatic nitrogens is 1. The number of pyridine rings is 1. The van der Waals surface area contributed by atoms with Gasteiger partial charge in [0.15, 0.2) is 0 Å². The van der Waals surface area contributed by atoms with Gasteiger partial charge in [-0.25, -0.2) is 4.98 Å². The second kappa shape index (κ2) is 2.88. The van der Waals surface area contributed by atoms with Crippen LogP contribution in [0.3, 0.4) is 0 Å². The van der Waals surface area contributed by atoms with E-state index >= 15 is 0 Å². The van der Waals surface area contributed by atoms with Gasteiger partial charge in [0.1, 0.15) is 5.82 Å². The lowest BCUT2D eigenvalue weighted by molar-refractivity contribution is 1.07. The zero-order valence-electron chi connectivity index (χ0n) is 5.93. The molecule has 0 amide bonds. The molecule has 0 fully saturated rings. The average molecular weight is 156 g/mol. The Morgan fingerprint density at radius 1 is 1.60 bits per heavy atom. The molecule has 0 spiro atoms. The van der Waals surface area contributed by atoms with E-state index in [1.165, 1.54) is 0 Å². The number of hydrogen-bond donors (Lipinski definition) is 0. The minimum atomic E-state index is 0.563. The van der Waals surface area contributed by atoms with Crippen LogP contribution in [0.4, 0.5) is 5.82 Å². The molecule has 0 N–H and O–H groups in total. The first-order valence-corrected chi connectivity index (χ1v) is 3.29. The molecule has 0 aliphatic carbocycles. The molecule has 3 heteroatoms. The third kappa shape index (κ3) is 1.39. The first-order chi connectivity index (χ1) is 4.72. The summed E-state index contributed by atoms with van der Waals surface area (Å²) < 4.78 is 0. The van der Waals surface area contributed by atoms with Crippen LogP contribution < -0.4 is 4.90 Å². The van der Waals surface area contributed by atoms with Crippen LogP contribution in [-0.2, 0) is 0 Å². The number of halogens is 1. The van der Waals surface area contributed by atoms with Crippen molar-refractivity contribution in [3.63, 3.8) is 0 Å². The molecular formula is C7H8ClN2. The standard InChI is InChI=1S/C7H8ClN2/c1-10(2)7-6(8)4-3-5-9-7/h3,5H,1-2H3. The molecule has 1 rings (SSSR count). The summed E-state index contributed by atoms with van der Waals surface area (Å²) in [4.78, 5) is 5.89. The molecule has 1 heterocycles. The van der Waals surface area contributed by atoms with Crippen LogP contribution in [-0.4, -0.2) is 19.1 Å². The lowest BCUT2D eigenvalue weighted by atomic mass is 10.4. The predicted octanol–water partition coefficient (Wildman–Crippen LogP) is 1.60. The molecule has 1 aromatic rings. The van der Waals surface area contributed by atoms with Gasteiger partial charge in [-0.05, 0) is 6.07 Å². The van der Waals surface area contributed by atoms with Crippen molar-refractivity contribution >= 4 is 17.4 Å². The summed E-state index contributed by atoms with van der Waals surface area (Å²) in [5.41, 5.74) is 0. The van der Waals surface area contributed by atoms with Gasteiger partial charge in [-0.15, -0.1) is 0 Å².